The van der Waals surface area contributed by atoms with E-state index in [0.717, 1.165) is 61.9 Å². The fraction of sp³-hybridized carbons (Fsp3) is 0.489. The first-order valence-corrected chi connectivity index (χ1v) is 22.0. The summed E-state index contributed by atoms with van der Waals surface area (Å²) >= 11 is 0. The van der Waals surface area contributed by atoms with Gasteiger partial charge in [0.1, 0.15) is 36.1 Å². The second kappa shape index (κ2) is 17.9. The molecule has 5 heterocycles. The van der Waals surface area contributed by atoms with Gasteiger partial charge in [0, 0.05) is 37.1 Å². The molecule has 63 heavy (non-hydrogen) atoms. The Morgan fingerprint density at radius 1 is 0.889 bits per heavy atom. The van der Waals surface area contributed by atoms with Gasteiger partial charge in [-0.25, -0.2) is 19.6 Å². The fourth-order valence-corrected chi connectivity index (χ4v) is 9.66. The van der Waals surface area contributed by atoms with Crippen LogP contribution in [-0.4, -0.2) is 105 Å². The molecule has 0 bridgehead atoms. The van der Waals surface area contributed by atoms with E-state index in [-0.39, 0.29) is 47.6 Å². The average Bonchev–Trinajstić information content (AvgIpc) is 4.11. The van der Waals surface area contributed by atoms with Crippen LogP contribution in [0.5, 0.6) is 5.75 Å². The highest BCUT2D eigenvalue weighted by atomic mass is 16.5. The molecule has 5 aromatic rings. The van der Waals surface area contributed by atoms with Crippen LogP contribution >= 0.6 is 0 Å². The van der Waals surface area contributed by atoms with Crippen molar-refractivity contribution in [3.05, 3.63) is 65.9 Å². The summed E-state index contributed by atoms with van der Waals surface area (Å²) in [6.07, 6.45) is 2.69. The Kier molecular flexibility index (Phi) is 12.4. The number of carbonyl (C=O) groups excluding carboxylic acids is 3. The lowest BCUT2D eigenvalue weighted by molar-refractivity contribution is -0.136. The molecule has 16 heteroatoms. The topological polar surface area (TPSA) is 204 Å². The van der Waals surface area contributed by atoms with Gasteiger partial charge in [0.25, 0.3) is 0 Å². The van der Waals surface area contributed by atoms with Crippen molar-refractivity contribution < 1.29 is 38.5 Å². The van der Waals surface area contributed by atoms with Crippen LogP contribution in [-0.2, 0) is 25.7 Å². The number of carbonyl (C=O) groups is 4. The highest BCUT2D eigenvalue weighted by Crippen LogP contribution is 2.44. The highest BCUT2D eigenvalue weighted by molar-refractivity contribution is 6.07. The first kappa shape index (κ1) is 43.5. The maximum Gasteiger partial charge on any atom is 0.407 e. The van der Waals surface area contributed by atoms with Crippen LogP contribution in [0.4, 0.5) is 9.59 Å². The lowest BCUT2D eigenvalue weighted by atomic mass is 9.92. The van der Waals surface area contributed by atoms with Crippen molar-refractivity contribution in [2.24, 2.45) is 23.7 Å². The molecule has 3 aliphatic rings. The maximum atomic E-state index is 14.1. The third kappa shape index (κ3) is 8.40. The molecule has 0 spiro atoms. The first-order chi connectivity index (χ1) is 30.3. The maximum absolute atomic E-state index is 14.1. The van der Waals surface area contributed by atoms with Crippen LogP contribution < -0.4 is 15.4 Å². The SMILES string of the molecule is CCC(C)C(NC(=O)OC)C(=O)N1C[C@@H](C)C[C@H]1c1ncc(-c2ccc3c(c2)COc2cc4c(ccc5[nH]c([C@@H]6C[C@H](COC)CN6C(=O)C(NC(=O)O)C(C)CC)nc54)cc2-3)[nH]1. The second-order valence-electron chi connectivity index (χ2n) is 17.7. The number of aromatic amines is 2. The standard InChI is InChI=1S/C47H58N8O8/c1-8-25(4)39(52-46(58)59)44(56)55-21-27(22-61-6)15-37(55)43-49-34-13-11-28-17-33-31-12-10-29(16-30(31)23-63-38(33)18-32(28)41(34)51-43)35-19-48-42(50-35)36-14-24(3)20-54(36)45(57)40(26(5)9-2)53-47(60)62-7/h10-13,16-19,24-27,36-37,39-40,52H,8-9,14-15,20-23H2,1-7H3,(H,48,50)(H,49,51)(H,53,60)(H,58,59)/t24-,25?,26?,27-,36-,37-,39?,40?/m0/s1. The zero-order valence-corrected chi connectivity index (χ0v) is 37.0. The molecule has 16 nitrogen and oxygen atoms in total. The van der Waals surface area contributed by atoms with Crippen molar-refractivity contribution in [1.82, 2.24) is 40.4 Å². The number of imidazole rings is 2. The van der Waals surface area contributed by atoms with Gasteiger partial charge in [0.05, 0.1) is 48.7 Å². The first-order valence-electron chi connectivity index (χ1n) is 22.0. The molecule has 4 amide bonds. The van der Waals surface area contributed by atoms with Crippen molar-refractivity contribution in [2.75, 3.05) is 33.9 Å². The normalized spacial score (nSPS) is 21.3. The van der Waals surface area contributed by atoms with Crippen molar-refractivity contribution in [3.8, 4) is 28.1 Å². The summed E-state index contributed by atoms with van der Waals surface area (Å²) < 4.78 is 16.8. The summed E-state index contributed by atoms with van der Waals surface area (Å²) in [5.41, 5.74) is 6.43. The lowest BCUT2D eigenvalue weighted by Crippen LogP contribution is -2.51. The van der Waals surface area contributed by atoms with E-state index in [9.17, 15) is 24.3 Å². The van der Waals surface area contributed by atoms with Gasteiger partial charge >= 0.3 is 12.2 Å². The Bertz CT molecular complexity index is 2530. The lowest BCUT2D eigenvalue weighted by Gasteiger charge is -2.30. The van der Waals surface area contributed by atoms with Gasteiger partial charge in [-0.2, -0.15) is 0 Å². The van der Waals surface area contributed by atoms with Gasteiger partial charge in [-0.3, -0.25) is 9.59 Å². The van der Waals surface area contributed by atoms with Gasteiger partial charge in [-0.1, -0.05) is 65.7 Å². The number of hydrogen-bond donors (Lipinski definition) is 5. The highest BCUT2D eigenvalue weighted by Gasteiger charge is 2.43. The van der Waals surface area contributed by atoms with Crippen molar-refractivity contribution >= 4 is 45.8 Å². The van der Waals surface area contributed by atoms with E-state index in [4.69, 9.17) is 24.2 Å². The monoisotopic (exact) mass is 862 g/mol. The molecule has 8 atom stereocenters. The number of hydrogen-bond acceptors (Lipinski definition) is 9. The van der Waals surface area contributed by atoms with E-state index in [2.05, 4.69) is 57.9 Å². The Balaban J connectivity index is 1.05. The molecule has 5 N–H and O–H groups in total. The zero-order chi connectivity index (χ0) is 44.7. The summed E-state index contributed by atoms with van der Waals surface area (Å²) in [4.78, 5) is 72.5. The number of nitrogens with one attached hydrogen (secondary N) is 4. The van der Waals surface area contributed by atoms with E-state index >= 15 is 0 Å². The van der Waals surface area contributed by atoms with Crippen LogP contribution in [0.25, 0.3) is 44.2 Å². The van der Waals surface area contributed by atoms with E-state index in [1.54, 1.807) is 12.0 Å². The molecule has 2 saturated heterocycles. The molecule has 2 aromatic heterocycles. The minimum absolute atomic E-state index is 0.0652. The Morgan fingerprint density at radius 2 is 1.60 bits per heavy atom. The number of H-pyrrole nitrogens is 2. The third-order valence-electron chi connectivity index (χ3n) is 13.5. The summed E-state index contributed by atoms with van der Waals surface area (Å²) in [5, 5.41) is 16.7. The smallest absolute Gasteiger partial charge is 0.407 e. The third-order valence-corrected chi connectivity index (χ3v) is 13.5. The summed E-state index contributed by atoms with van der Waals surface area (Å²) in [5.74, 6) is 1.74. The van der Waals surface area contributed by atoms with Crippen LogP contribution in [0.15, 0.2) is 48.7 Å². The van der Waals surface area contributed by atoms with Crippen molar-refractivity contribution in [3.63, 3.8) is 0 Å². The molecule has 334 valence electrons. The van der Waals surface area contributed by atoms with E-state index in [1.807, 2.05) is 50.9 Å². The number of aromatic nitrogens is 4. The van der Waals surface area contributed by atoms with E-state index in [0.29, 0.717) is 57.2 Å². The largest absolute Gasteiger partial charge is 0.488 e. The molecule has 4 unspecified atom stereocenters. The average molecular weight is 863 g/mol. The predicted octanol–water partition coefficient (Wildman–Crippen LogP) is 7.56. The van der Waals surface area contributed by atoms with E-state index < -0.39 is 24.3 Å². The van der Waals surface area contributed by atoms with Gasteiger partial charge < -0.3 is 49.7 Å². The Labute approximate surface area is 366 Å². The van der Waals surface area contributed by atoms with Crippen LogP contribution in [0, 0.1) is 23.7 Å². The minimum Gasteiger partial charge on any atom is -0.488 e. The van der Waals surface area contributed by atoms with Crippen molar-refractivity contribution in [1.29, 1.82) is 0 Å². The van der Waals surface area contributed by atoms with Crippen LogP contribution in [0.1, 0.15) is 89.6 Å². The van der Waals surface area contributed by atoms with Crippen LogP contribution in [0.2, 0.25) is 0 Å². The summed E-state index contributed by atoms with van der Waals surface area (Å²) in [6, 6.07) is 12.3. The van der Waals surface area contributed by atoms with Gasteiger partial charge in [0.2, 0.25) is 11.8 Å². The molecule has 0 aliphatic carbocycles. The number of likely N-dealkylation sites (tertiary alicyclic amines) is 2. The van der Waals surface area contributed by atoms with Gasteiger partial charge in [-0.05, 0) is 76.9 Å². The summed E-state index contributed by atoms with van der Waals surface area (Å²) in [7, 11) is 2.94. The predicted molar refractivity (Wildman–Crippen MR) is 237 cm³/mol. The number of methoxy groups -OCH3 is 2. The molecule has 8 rings (SSSR count). The molecule has 0 radical (unpaired) electrons. The number of amides is 4. The number of rotatable bonds is 13. The number of ether oxygens (including phenoxy) is 3. The number of benzene rings is 3. The molecule has 2 fully saturated rings. The molecular formula is C47H58N8O8. The van der Waals surface area contributed by atoms with Gasteiger partial charge in [0.15, 0.2) is 0 Å². The molecule has 3 aliphatic heterocycles. The quantitative estimate of drug-likeness (QED) is 0.0786. The fourth-order valence-electron chi connectivity index (χ4n) is 9.66. The summed E-state index contributed by atoms with van der Waals surface area (Å²) in [6.45, 7) is 11.7. The van der Waals surface area contributed by atoms with Crippen LogP contribution in [0.3, 0.4) is 0 Å². The Hall–Kier alpha value is -6.16. The Morgan fingerprint density at radius 3 is 2.30 bits per heavy atom. The number of carboxylic acid groups (broad SMARTS) is 1. The van der Waals surface area contributed by atoms with Gasteiger partial charge in [-0.15, -0.1) is 0 Å². The molecule has 0 saturated carbocycles. The van der Waals surface area contributed by atoms with Crippen molar-refractivity contribution in [2.45, 2.75) is 91.1 Å². The molecular weight excluding hydrogens is 805 g/mol. The zero-order valence-electron chi connectivity index (χ0n) is 37.0. The second-order valence-corrected chi connectivity index (χ2v) is 17.7. The number of fused-ring (bicyclic) bond motifs is 6. The number of nitrogens with zero attached hydrogens (tertiary/aromatic N) is 4. The minimum atomic E-state index is -1.23. The van der Waals surface area contributed by atoms with E-state index in [1.165, 1.54) is 7.11 Å². The number of alkyl carbamates (subject to hydrolysis) is 1. The molecule has 3 aromatic carbocycles.